The molecule has 3 aromatic rings. The molecule has 25 heavy (non-hydrogen) atoms. The Balaban J connectivity index is 1.57. The molecule has 0 unspecified atom stereocenters. The van der Waals surface area contributed by atoms with Gasteiger partial charge >= 0.3 is 0 Å². The minimum absolute atomic E-state index is 0.0701. The van der Waals surface area contributed by atoms with Gasteiger partial charge in [0.1, 0.15) is 6.04 Å². The van der Waals surface area contributed by atoms with Crippen LogP contribution in [0.2, 0.25) is 0 Å². The van der Waals surface area contributed by atoms with Gasteiger partial charge in [0, 0.05) is 12.6 Å². The van der Waals surface area contributed by atoms with Gasteiger partial charge < -0.3 is 9.42 Å². The van der Waals surface area contributed by atoms with E-state index in [4.69, 9.17) is 4.52 Å². The van der Waals surface area contributed by atoms with Gasteiger partial charge in [-0.25, -0.2) is 0 Å². The lowest BCUT2D eigenvalue weighted by molar-refractivity contribution is -0.136. The molecule has 1 aliphatic rings. The summed E-state index contributed by atoms with van der Waals surface area (Å²) in [5, 5.41) is 12.4. The van der Waals surface area contributed by atoms with E-state index in [2.05, 4.69) is 27.5 Å². The van der Waals surface area contributed by atoms with Gasteiger partial charge in [-0.05, 0) is 25.8 Å². The molecule has 1 aromatic carbocycles. The number of aromatic nitrogens is 4. The van der Waals surface area contributed by atoms with Crippen LogP contribution in [0.1, 0.15) is 30.0 Å². The summed E-state index contributed by atoms with van der Waals surface area (Å²) in [7, 11) is 0. The highest BCUT2D eigenvalue weighted by Gasteiger charge is 2.34. The summed E-state index contributed by atoms with van der Waals surface area (Å²) in [4.78, 5) is 14.6. The van der Waals surface area contributed by atoms with E-state index in [0.717, 1.165) is 17.9 Å². The summed E-state index contributed by atoms with van der Waals surface area (Å²) in [5.74, 6) is 1.93. The molecule has 0 N–H and O–H groups in total. The zero-order chi connectivity index (χ0) is 17.4. The Labute approximate surface area is 145 Å². The molecule has 1 aliphatic heterocycles. The molecule has 128 valence electrons. The maximum atomic E-state index is 12.8. The van der Waals surface area contributed by atoms with Gasteiger partial charge in [0.05, 0.1) is 12.2 Å². The van der Waals surface area contributed by atoms with Crippen LogP contribution in [-0.4, -0.2) is 37.3 Å². The van der Waals surface area contributed by atoms with E-state index in [-0.39, 0.29) is 11.9 Å². The molecule has 1 atom stereocenters. The van der Waals surface area contributed by atoms with Crippen LogP contribution in [-0.2, 0) is 17.8 Å². The number of nitrogens with zero attached hydrogens (tertiary/aromatic N) is 5. The lowest BCUT2D eigenvalue weighted by atomic mass is 10.1. The first kappa shape index (κ1) is 15.6. The molecular weight excluding hydrogens is 318 g/mol. The first-order valence-corrected chi connectivity index (χ1v) is 8.33. The predicted octanol–water partition coefficient (Wildman–Crippen LogP) is 2.39. The highest BCUT2D eigenvalue weighted by atomic mass is 16.5. The van der Waals surface area contributed by atoms with Crippen LogP contribution in [0.5, 0.6) is 0 Å². The molecule has 1 amide bonds. The first-order valence-electron chi connectivity index (χ1n) is 8.33. The predicted molar refractivity (Wildman–Crippen MR) is 90.5 cm³/mol. The summed E-state index contributed by atoms with van der Waals surface area (Å²) in [5.41, 5.74) is 1.99. The van der Waals surface area contributed by atoms with Gasteiger partial charge in [0.2, 0.25) is 17.5 Å². The fraction of sp³-hybridized carbons (Fsp3) is 0.333. The third-order valence-corrected chi connectivity index (χ3v) is 4.52. The minimum Gasteiger partial charge on any atom is -0.353 e. The van der Waals surface area contributed by atoms with Crippen molar-refractivity contribution in [3.63, 3.8) is 0 Å². The van der Waals surface area contributed by atoms with Crippen molar-refractivity contribution in [1.29, 1.82) is 0 Å². The first-order chi connectivity index (χ1) is 12.1. The lowest BCUT2D eigenvalue weighted by Crippen LogP contribution is -2.42. The van der Waals surface area contributed by atoms with Crippen molar-refractivity contribution in [2.24, 2.45) is 0 Å². The number of fused-ring (bicyclic) bond motifs is 1. The van der Waals surface area contributed by atoms with Gasteiger partial charge in [0.25, 0.3) is 0 Å². The average molecular weight is 337 g/mol. The normalized spacial score (nSPS) is 17.0. The number of aryl methyl sites for hydroxylation is 1. The Morgan fingerprint density at radius 3 is 2.76 bits per heavy atom. The van der Waals surface area contributed by atoms with E-state index in [1.54, 1.807) is 6.07 Å². The van der Waals surface area contributed by atoms with E-state index in [1.807, 2.05) is 41.5 Å². The zero-order valence-electron chi connectivity index (χ0n) is 14.2. The number of rotatable bonds is 4. The maximum absolute atomic E-state index is 12.8. The molecule has 3 heterocycles. The summed E-state index contributed by atoms with van der Waals surface area (Å²) in [6, 6.07) is 11.6. The highest BCUT2D eigenvalue weighted by Crippen LogP contribution is 2.28. The molecule has 7 nitrogen and oxygen atoms in total. The molecular formula is C18H19N5O2. The van der Waals surface area contributed by atoms with Crippen LogP contribution in [0.4, 0.5) is 0 Å². The van der Waals surface area contributed by atoms with Gasteiger partial charge in [-0.15, -0.1) is 10.2 Å². The smallest absolute Gasteiger partial charge is 0.245 e. The molecule has 0 spiro atoms. The van der Waals surface area contributed by atoms with E-state index >= 15 is 0 Å². The van der Waals surface area contributed by atoms with E-state index in [0.29, 0.717) is 24.7 Å². The Hall–Kier alpha value is -2.96. The van der Waals surface area contributed by atoms with Crippen molar-refractivity contribution >= 4 is 5.91 Å². The molecule has 0 radical (unpaired) electrons. The Morgan fingerprint density at radius 2 is 2.04 bits per heavy atom. The standard InChI is InChI=1S/C18H19N5O2/c1-12-10-15(25-21-12)17-20-19-16-11-22(18(24)13(2)23(16)17)9-8-14-6-4-3-5-7-14/h3-7,10,13H,8-9,11H2,1-2H3/t13-/m1/s1. The van der Waals surface area contributed by atoms with Gasteiger partial charge in [-0.3, -0.25) is 9.36 Å². The van der Waals surface area contributed by atoms with Gasteiger partial charge in [-0.1, -0.05) is 35.5 Å². The molecule has 2 aromatic heterocycles. The maximum Gasteiger partial charge on any atom is 0.245 e. The second-order valence-electron chi connectivity index (χ2n) is 6.31. The lowest BCUT2D eigenvalue weighted by Gasteiger charge is -2.31. The fourth-order valence-corrected chi connectivity index (χ4v) is 3.20. The van der Waals surface area contributed by atoms with Crippen LogP contribution in [0.25, 0.3) is 11.6 Å². The second kappa shape index (κ2) is 6.16. The molecule has 0 saturated heterocycles. The zero-order valence-corrected chi connectivity index (χ0v) is 14.2. The molecule has 0 fully saturated rings. The number of carbonyl (C=O) groups is 1. The van der Waals surface area contributed by atoms with Crippen LogP contribution in [0.3, 0.4) is 0 Å². The summed E-state index contributed by atoms with van der Waals surface area (Å²) < 4.78 is 7.14. The average Bonchev–Trinajstić information content (AvgIpc) is 3.23. The van der Waals surface area contributed by atoms with Gasteiger partial charge in [-0.2, -0.15) is 0 Å². The Morgan fingerprint density at radius 1 is 1.24 bits per heavy atom. The van der Waals surface area contributed by atoms with Gasteiger partial charge in [0.15, 0.2) is 5.82 Å². The number of hydrogen-bond acceptors (Lipinski definition) is 5. The van der Waals surface area contributed by atoms with Crippen LogP contribution in [0.15, 0.2) is 40.9 Å². The molecule has 7 heteroatoms. The van der Waals surface area contributed by atoms with Crippen molar-refractivity contribution in [2.75, 3.05) is 6.54 Å². The SMILES string of the molecule is Cc1cc(-c2nnc3n2[C@H](C)C(=O)N(CCc2ccccc2)C3)on1. The van der Waals surface area contributed by atoms with Crippen molar-refractivity contribution in [1.82, 2.24) is 24.8 Å². The van der Waals surface area contributed by atoms with E-state index < -0.39 is 0 Å². The number of carbonyl (C=O) groups excluding carboxylic acids is 1. The number of amides is 1. The third kappa shape index (κ3) is 2.82. The summed E-state index contributed by atoms with van der Waals surface area (Å²) in [6.45, 7) is 4.84. The molecule has 4 rings (SSSR count). The summed E-state index contributed by atoms with van der Waals surface area (Å²) >= 11 is 0. The Bertz CT molecular complexity index is 899. The third-order valence-electron chi connectivity index (χ3n) is 4.52. The van der Waals surface area contributed by atoms with Crippen LogP contribution >= 0.6 is 0 Å². The van der Waals surface area contributed by atoms with Crippen molar-refractivity contribution < 1.29 is 9.32 Å². The fourth-order valence-electron chi connectivity index (χ4n) is 3.20. The Kier molecular flexibility index (Phi) is 3.83. The van der Waals surface area contributed by atoms with Crippen LogP contribution in [0, 0.1) is 6.92 Å². The largest absolute Gasteiger partial charge is 0.353 e. The minimum atomic E-state index is -0.366. The van der Waals surface area contributed by atoms with E-state index in [9.17, 15) is 4.79 Å². The highest BCUT2D eigenvalue weighted by molar-refractivity contribution is 5.81. The summed E-state index contributed by atoms with van der Waals surface area (Å²) in [6.07, 6.45) is 0.821. The second-order valence-corrected chi connectivity index (χ2v) is 6.31. The van der Waals surface area contributed by atoms with Crippen molar-refractivity contribution in [3.8, 4) is 11.6 Å². The number of hydrogen-bond donors (Lipinski definition) is 0. The molecule has 0 saturated carbocycles. The monoisotopic (exact) mass is 337 g/mol. The molecule has 0 bridgehead atoms. The van der Waals surface area contributed by atoms with Crippen LogP contribution < -0.4 is 0 Å². The van der Waals surface area contributed by atoms with E-state index in [1.165, 1.54) is 5.56 Å². The van der Waals surface area contributed by atoms with Crippen molar-refractivity contribution in [2.45, 2.75) is 32.9 Å². The molecule has 0 aliphatic carbocycles. The van der Waals surface area contributed by atoms with Crippen molar-refractivity contribution in [3.05, 3.63) is 53.5 Å². The topological polar surface area (TPSA) is 77.0 Å². The number of benzene rings is 1. The quantitative estimate of drug-likeness (QED) is 0.730.